The van der Waals surface area contributed by atoms with Gasteiger partial charge in [0.1, 0.15) is 5.75 Å². The number of rotatable bonds is 8. The number of halogens is 1. The van der Waals surface area contributed by atoms with E-state index in [1.54, 1.807) is 13.3 Å². The van der Waals surface area contributed by atoms with Gasteiger partial charge in [-0.25, -0.2) is 4.99 Å². The van der Waals surface area contributed by atoms with Gasteiger partial charge in [0.05, 0.1) is 19.3 Å². The van der Waals surface area contributed by atoms with Crippen molar-refractivity contribution >= 4 is 29.9 Å². The average molecular weight is 454 g/mol. The Hall–Kier alpha value is -1.83. The average Bonchev–Trinajstić information content (AvgIpc) is 2.64. The van der Waals surface area contributed by atoms with E-state index in [1.165, 1.54) is 5.56 Å². The van der Waals surface area contributed by atoms with Gasteiger partial charge in [0, 0.05) is 19.3 Å². The van der Waals surface area contributed by atoms with Crippen molar-refractivity contribution in [3.05, 3.63) is 59.9 Å². The van der Waals surface area contributed by atoms with Gasteiger partial charge in [0.15, 0.2) is 5.96 Å². The molecule has 0 aliphatic carbocycles. The number of aromatic nitrogens is 1. The number of guanidine groups is 1. The zero-order chi connectivity index (χ0) is 17.0. The molecule has 5 nitrogen and oxygen atoms in total. The van der Waals surface area contributed by atoms with Crippen LogP contribution in [0.25, 0.3) is 0 Å². The second kappa shape index (κ2) is 12.5. The van der Waals surface area contributed by atoms with Crippen LogP contribution in [0, 0.1) is 0 Å². The molecular weight excluding hydrogens is 427 g/mol. The molecule has 2 aromatic rings. The Morgan fingerprint density at radius 2 is 2.04 bits per heavy atom. The molecule has 25 heavy (non-hydrogen) atoms. The molecule has 1 heterocycles. The molecule has 136 valence electrons. The van der Waals surface area contributed by atoms with Crippen LogP contribution in [0.4, 0.5) is 0 Å². The first-order valence-corrected chi connectivity index (χ1v) is 8.37. The number of hydrogen-bond acceptors (Lipinski definition) is 3. The summed E-state index contributed by atoms with van der Waals surface area (Å²) in [5.74, 6) is 1.74. The highest BCUT2D eigenvalue weighted by Gasteiger charge is 1.99. The van der Waals surface area contributed by atoms with E-state index in [4.69, 9.17) is 4.74 Å². The standard InChI is InChI=1S/C19H26N4O.HI/c1-3-20-19(23-15-17-10-4-5-12-21-17)22-13-7-9-16-8-6-11-18(14-16)24-2;/h4-6,8,10-12,14H,3,7,9,13,15H2,1-2H3,(H2,20,22,23);1H. The van der Waals surface area contributed by atoms with Crippen LogP contribution in [0.5, 0.6) is 5.75 Å². The molecule has 2 rings (SSSR count). The maximum atomic E-state index is 5.25. The predicted molar refractivity (Wildman–Crippen MR) is 114 cm³/mol. The molecule has 0 amide bonds. The fourth-order valence-electron chi connectivity index (χ4n) is 2.32. The number of aliphatic imine (C=N–C) groups is 1. The number of nitrogens with one attached hydrogen (secondary N) is 2. The van der Waals surface area contributed by atoms with Gasteiger partial charge in [0.25, 0.3) is 0 Å². The van der Waals surface area contributed by atoms with E-state index in [2.05, 4.69) is 39.7 Å². The van der Waals surface area contributed by atoms with E-state index in [0.717, 1.165) is 43.3 Å². The summed E-state index contributed by atoms with van der Waals surface area (Å²) in [6.45, 7) is 4.34. The first-order valence-electron chi connectivity index (χ1n) is 8.37. The second-order valence-corrected chi connectivity index (χ2v) is 5.40. The summed E-state index contributed by atoms with van der Waals surface area (Å²) < 4.78 is 5.25. The molecule has 1 aromatic carbocycles. The van der Waals surface area contributed by atoms with Gasteiger partial charge in [-0.1, -0.05) is 18.2 Å². The molecule has 0 aliphatic rings. The number of benzene rings is 1. The molecule has 1 aromatic heterocycles. The number of nitrogens with zero attached hydrogens (tertiary/aromatic N) is 2. The minimum atomic E-state index is 0. The van der Waals surface area contributed by atoms with Crippen LogP contribution < -0.4 is 15.4 Å². The lowest BCUT2D eigenvalue weighted by Crippen LogP contribution is -2.37. The highest BCUT2D eigenvalue weighted by atomic mass is 127. The van der Waals surface area contributed by atoms with Gasteiger partial charge in [0.2, 0.25) is 0 Å². The molecule has 0 atom stereocenters. The van der Waals surface area contributed by atoms with Crippen LogP contribution in [-0.2, 0) is 13.0 Å². The van der Waals surface area contributed by atoms with Crippen LogP contribution in [0.2, 0.25) is 0 Å². The van der Waals surface area contributed by atoms with Crippen molar-refractivity contribution in [2.24, 2.45) is 4.99 Å². The van der Waals surface area contributed by atoms with Crippen LogP contribution in [0.15, 0.2) is 53.7 Å². The third-order valence-corrected chi connectivity index (χ3v) is 3.54. The third-order valence-electron chi connectivity index (χ3n) is 3.54. The summed E-state index contributed by atoms with van der Waals surface area (Å²) in [5, 5.41) is 6.63. The Labute approximate surface area is 167 Å². The third kappa shape index (κ3) is 8.20. The van der Waals surface area contributed by atoms with Crippen LogP contribution in [0.1, 0.15) is 24.6 Å². The highest BCUT2D eigenvalue weighted by molar-refractivity contribution is 14.0. The number of methoxy groups -OCH3 is 1. The Balaban J connectivity index is 0.00000312. The Kier molecular flexibility index (Phi) is 10.6. The summed E-state index contributed by atoms with van der Waals surface area (Å²) in [6.07, 6.45) is 3.82. The van der Waals surface area contributed by atoms with Gasteiger partial charge < -0.3 is 15.4 Å². The fraction of sp³-hybridized carbons (Fsp3) is 0.368. The molecule has 0 spiro atoms. The predicted octanol–water partition coefficient (Wildman–Crippen LogP) is 3.40. The summed E-state index contributed by atoms with van der Waals surface area (Å²) in [4.78, 5) is 8.86. The summed E-state index contributed by atoms with van der Waals surface area (Å²) in [7, 11) is 1.70. The SMILES string of the molecule is CCNC(=NCc1ccccn1)NCCCc1cccc(OC)c1.I. The number of aryl methyl sites for hydroxylation is 1. The molecule has 0 saturated heterocycles. The van der Waals surface area contributed by atoms with E-state index in [1.807, 2.05) is 30.3 Å². The van der Waals surface area contributed by atoms with Crippen molar-refractivity contribution < 1.29 is 4.74 Å². The normalized spacial score (nSPS) is 10.7. The van der Waals surface area contributed by atoms with Crippen molar-refractivity contribution in [3.8, 4) is 5.75 Å². The van der Waals surface area contributed by atoms with Crippen molar-refractivity contribution in [2.75, 3.05) is 20.2 Å². The smallest absolute Gasteiger partial charge is 0.191 e. The van der Waals surface area contributed by atoms with E-state index < -0.39 is 0 Å². The van der Waals surface area contributed by atoms with Gasteiger partial charge in [-0.15, -0.1) is 24.0 Å². The Bertz CT molecular complexity index is 634. The van der Waals surface area contributed by atoms with Gasteiger partial charge in [-0.05, 0) is 49.6 Å². The first-order chi connectivity index (χ1) is 11.8. The number of pyridine rings is 1. The fourth-order valence-corrected chi connectivity index (χ4v) is 2.32. The molecule has 0 fully saturated rings. The van der Waals surface area contributed by atoms with Crippen molar-refractivity contribution in [1.82, 2.24) is 15.6 Å². The van der Waals surface area contributed by atoms with Gasteiger partial charge in [-0.2, -0.15) is 0 Å². The lowest BCUT2D eigenvalue weighted by Gasteiger charge is -2.11. The van der Waals surface area contributed by atoms with E-state index in [-0.39, 0.29) is 24.0 Å². The molecule has 0 bridgehead atoms. The minimum Gasteiger partial charge on any atom is -0.497 e. The van der Waals surface area contributed by atoms with Crippen molar-refractivity contribution in [1.29, 1.82) is 0 Å². The second-order valence-electron chi connectivity index (χ2n) is 5.40. The quantitative estimate of drug-likeness (QED) is 0.278. The van der Waals surface area contributed by atoms with Crippen LogP contribution >= 0.6 is 24.0 Å². The molecule has 0 saturated carbocycles. The van der Waals surface area contributed by atoms with E-state index >= 15 is 0 Å². The van der Waals surface area contributed by atoms with Crippen LogP contribution in [-0.4, -0.2) is 31.1 Å². The lowest BCUT2D eigenvalue weighted by molar-refractivity contribution is 0.414. The highest BCUT2D eigenvalue weighted by Crippen LogP contribution is 2.13. The minimum absolute atomic E-state index is 0. The molecule has 0 aliphatic heterocycles. The van der Waals surface area contributed by atoms with Crippen molar-refractivity contribution in [2.45, 2.75) is 26.3 Å². The van der Waals surface area contributed by atoms with Crippen molar-refractivity contribution in [3.63, 3.8) is 0 Å². The first kappa shape index (κ1) is 21.2. The molecule has 2 N–H and O–H groups in total. The Morgan fingerprint density at radius 1 is 1.16 bits per heavy atom. The zero-order valence-corrected chi connectivity index (χ0v) is 17.2. The number of hydrogen-bond donors (Lipinski definition) is 2. The van der Waals surface area contributed by atoms with Crippen LogP contribution in [0.3, 0.4) is 0 Å². The van der Waals surface area contributed by atoms with Gasteiger partial charge in [-0.3, -0.25) is 4.98 Å². The monoisotopic (exact) mass is 454 g/mol. The summed E-state index contributed by atoms with van der Waals surface area (Å²) >= 11 is 0. The Morgan fingerprint density at radius 3 is 2.76 bits per heavy atom. The maximum absolute atomic E-state index is 5.25. The molecular formula is C19H27IN4O. The number of ether oxygens (including phenoxy) is 1. The molecule has 0 radical (unpaired) electrons. The van der Waals surface area contributed by atoms with E-state index in [0.29, 0.717) is 6.54 Å². The topological polar surface area (TPSA) is 58.5 Å². The molecule has 0 unspecified atom stereocenters. The lowest BCUT2D eigenvalue weighted by atomic mass is 10.1. The zero-order valence-electron chi connectivity index (χ0n) is 14.9. The summed E-state index contributed by atoms with van der Waals surface area (Å²) in [5.41, 5.74) is 2.25. The van der Waals surface area contributed by atoms with E-state index in [9.17, 15) is 0 Å². The summed E-state index contributed by atoms with van der Waals surface area (Å²) in [6, 6.07) is 14.1. The largest absolute Gasteiger partial charge is 0.497 e. The van der Waals surface area contributed by atoms with Gasteiger partial charge >= 0.3 is 0 Å². The molecule has 6 heteroatoms. The maximum Gasteiger partial charge on any atom is 0.191 e.